The number of halogens is 2. The van der Waals surface area contributed by atoms with E-state index < -0.39 is 0 Å². The Hall–Kier alpha value is -0.830. The molecule has 0 aliphatic rings. The predicted molar refractivity (Wildman–Crippen MR) is 60.1 cm³/mol. The summed E-state index contributed by atoms with van der Waals surface area (Å²) in [6.07, 6.45) is 0. The summed E-state index contributed by atoms with van der Waals surface area (Å²) in [7, 11) is 1.96. The van der Waals surface area contributed by atoms with Gasteiger partial charge in [0.15, 0.2) is 0 Å². The van der Waals surface area contributed by atoms with Crippen molar-refractivity contribution in [1.82, 2.24) is 4.57 Å². The summed E-state index contributed by atoms with van der Waals surface area (Å²) < 4.78 is 16.3. The van der Waals surface area contributed by atoms with E-state index in [0.717, 1.165) is 22.2 Å². The number of benzene rings is 1. The van der Waals surface area contributed by atoms with Gasteiger partial charge in [0, 0.05) is 18.1 Å². The zero-order valence-electron chi connectivity index (χ0n) is 8.36. The predicted octanol–water partition coefficient (Wildman–Crippen LogP) is 3.70. The van der Waals surface area contributed by atoms with Crippen LogP contribution in [-0.2, 0) is 7.05 Å². The topological polar surface area (TPSA) is 4.93 Å². The lowest BCUT2D eigenvalue weighted by Gasteiger charge is -1.99. The molecule has 0 bridgehead atoms. The minimum Gasteiger partial charge on any atom is -0.348 e. The maximum Gasteiger partial charge on any atom is 0.147 e. The van der Waals surface area contributed by atoms with Crippen LogP contribution in [0.3, 0.4) is 0 Å². The Morgan fingerprint density at radius 2 is 1.93 bits per heavy atom. The molecular weight excluding hydrogens is 245 g/mol. The molecule has 74 valence electrons. The van der Waals surface area contributed by atoms with Crippen LogP contribution >= 0.6 is 15.9 Å². The monoisotopic (exact) mass is 255 g/mol. The first kappa shape index (κ1) is 9.71. The Morgan fingerprint density at radius 1 is 1.29 bits per heavy atom. The average molecular weight is 256 g/mol. The molecule has 14 heavy (non-hydrogen) atoms. The molecule has 2 rings (SSSR count). The molecule has 0 saturated carbocycles. The molecule has 0 radical (unpaired) electrons. The summed E-state index contributed by atoms with van der Waals surface area (Å²) in [5.41, 5.74) is 3.07. The molecule has 0 aliphatic heterocycles. The summed E-state index contributed by atoms with van der Waals surface area (Å²) >= 11 is 3.20. The third kappa shape index (κ3) is 1.12. The van der Waals surface area contributed by atoms with Crippen LogP contribution in [0, 0.1) is 19.7 Å². The molecule has 0 fully saturated rings. The number of aromatic nitrogens is 1. The molecule has 1 heterocycles. The first-order valence-electron chi connectivity index (χ1n) is 4.43. The van der Waals surface area contributed by atoms with E-state index in [1.165, 1.54) is 0 Å². The van der Waals surface area contributed by atoms with Gasteiger partial charge in [-0.3, -0.25) is 0 Å². The van der Waals surface area contributed by atoms with Crippen molar-refractivity contribution in [1.29, 1.82) is 0 Å². The van der Waals surface area contributed by atoms with E-state index in [2.05, 4.69) is 15.9 Å². The van der Waals surface area contributed by atoms with Crippen molar-refractivity contribution < 1.29 is 4.39 Å². The van der Waals surface area contributed by atoms with Crippen LogP contribution in [0.2, 0.25) is 0 Å². The third-order valence-electron chi connectivity index (χ3n) is 2.86. The van der Waals surface area contributed by atoms with Gasteiger partial charge in [0.2, 0.25) is 0 Å². The number of hydrogen-bond acceptors (Lipinski definition) is 0. The SMILES string of the molecule is Cc1c(C)n(C)c2ccc(Br)c(F)c12. The molecule has 1 aromatic heterocycles. The second-order valence-corrected chi connectivity index (χ2v) is 4.38. The van der Waals surface area contributed by atoms with Gasteiger partial charge in [-0.15, -0.1) is 0 Å². The molecular formula is C11H11BrFN. The zero-order chi connectivity index (χ0) is 10.5. The Balaban J connectivity index is 3.03. The van der Waals surface area contributed by atoms with E-state index in [4.69, 9.17) is 0 Å². The average Bonchev–Trinajstić information content (AvgIpc) is 2.38. The van der Waals surface area contributed by atoms with Gasteiger partial charge < -0.3 is 4.57 Å². The largest absolute Gasteiger partial charge is 0.348 e. The number of aryl methyl sites for hydroxylation is 2. The smallest absolute Gasteiger partial charge is 0.147 e. The number of fused-ring (bicyclic) bond motifs is 1. The van der Waals surface area contributed by atoms with Gasteiger partial charge in [0.1, 0.15) is 5.82 Å². The Morgan fingerprint density at radius 3 is 2.57 bits per heavy atom. The highest BCUT2D eigenvalue weighted by molar-refractivity contribution is 9.10. The van der Waals surface area contributed by atoms with Gasteiger partial charge >= 0.3 is 0 Å². The fourth-order valence-electron chi connectivity index (χ4n) is 1.79. The molecule has 0 N–H and O–H groups in total. The maximum atomic E-state index is 13.8. The van der Waals surface area contributed by atoms with Crippen LogP contribution in [0.1, 0.15) is 11.3 Å². The fourth-order valence-corrected chi connectivity index (χ4v) is 2.12. The second-order valence-electron chi connectivity index (χ2n) is 3.52. The first-order chi connectivity index (χ1) is 6.54. The van der Waals surface area contributed by atoms with Crippen LogP contribution in [-0.4, -0.2) is 4.57 Å². The van der Waals surface area contributed by atoms with E-state index in [1.807, 2.05) is 31.5 Å². The number of rotatable bonds is 0. The van der Waals surface area contributed by atoms with Crippen LogP contribution in [0.5, 0.6) is 0 Å². The van der Waals surface area contributed by atoms with Crippen LogP contribution in [0.25, 0.3) is 10.9 Å². The molecule has 0 atom stereocenters. The minimum absolute atomic E-state index is 0.163. The Kier molecular flexibility index (Phi) is 2.14. The lowest BCUT2D eigenvalue weighted by molar-refractivity contribution is 0.633. The lowest BCUT2D eigenvalue weighted by Crippen LogP contribution is -1.90. The fraction of sp³-hybridized carbons (Fsp3) is 0.273. The molecule has 1 aromatic carbocycles. The van der Waals surface area contributed by atoms with Crippen molar-refractivity contribution in [2.24, 2.45) is 7.05 Å². The molecule has 0 saturated heterocycles. The van der Waals surface area contributed by atoms with Gasteiger partial charge in [-0.25, -0.2) is 4.39 Å². The van der Waals surface area contributed by atoms with Crippen LogP contribution in [0.4, 0.5) is 4.39 Å². The molecule has 3 heteroatoms. The highest BCUT2D eigenvalue weighted by Gasteiger charge is 2.13. The van der Waals surface area contributed by atoms with E-state index >= 15 is 0 Å². The van der Waals surface area contributed by atoms with Gasteiger partial charge in [-0.05, 0) is 47.5 Å². The van der Waals surface area contributed by atoms with Crippen molar-refractivity contribution in [2.45, 2.75) is 13.8 Å². The number of nitrogens with zero attached hydrogens (tertiary/aromatic N) is 1. The standard InChI is InChI=1S/C11H11BrFN/c1-6-7(2)14(3)9-5-4-8(12)11(13)10(6)9/h4-5H,1-3H3. The van der Waals surface area contributed by atoms with Gasteiger partial charge in [-0.2, -0.15) is 0 Å². The Labute approximate surface area is 90.7 Å². The summed E-state index contributed by atoms with van der Waals surface area (Å²) in [5, 5.41) is 0.722. The van der Waals surface area contributed by atoms with E-state index in [1.54, 1.807) is 6.07 Å². The molecule has 2 aromatic rings. The Bertz CT molecular complexity index is 514. The van der Waals surface area contributed by atoms with E-state index in [-0.39, 0.29) is 5.82 Å². The normalized spacial score (nSPS) is 11.2. The lowest BCUT2D eigenvalue weighted by atomic mass is 10.1. The van der Waals surface area contributed by atoms with Gasteiger partial charge in [0.25, 0.3) is 0 Å². The van der Waals surface area contributed by atoms with Crippen molar-refractivity contribution in [3.8, 4) is 0 Å². The van der Waals surface area contributed by atoms with Crippen molar-refractivity contribution in [3.05, 3.63) is 33.7 Å². The van der Waals surface area contributed by atoms with Gasteiger partial charge in [0.05, 0.1) is 9.99 Å². The van der Waals surface area contributed by atoms with Gasteiger partial charge in [-0.1, -0.05) is 0 Å². The molecule has 1 nitrogen and oxygen atoms in total. The number of hydrogen-bond donors (Lipinski definition) is 0. The summed E-state index contributed by atoms with van der Waals surface area (Å²) in [6, 6.07) is 3.68. The third-order valence-corrected chi connectivity index (χ3v) is 3.47. The summed E-state index contributed by atoms with van der Waals surface area (Å²) in [6.45, 7) is 3.95. The highest BCUT2D eigenvalue weighted by Crippen LogP contribution is 2.30. The quantitative estimate of drug-likeness (QED) is 0.677. The maximum absolute atomic E-state index is 13.8. The van der Waals surface area contributed by atoms with E-state index in [9.17, 15) is 4.39 Å². The van der Waals surface area contributed by atoms with E-state index in [0.29, 0.717) is 4.47 Å². The van der Waals surface area contributed by atoms with Crippen LogP contribution < -0.4 is 0 Å². The van der Waals surface area contributed by atoms with Crippen LogP contribution in [0.15, 0.2) is 16.6 Å². The van der Waals surface area contributed by atoms with Crippen molar-refractivity contribution in [3.63, 3.8) is 0 Å². The molecule has 0 spiro atoms. The minimum atomic E-state index is -0.163. The summed E-state index contributed by atoms with van der Waals surface area (Å²) in [5.74, 6) is -0.163. The first-order valence-corrected chi connectivity index (χ1v) is 5.23. The highest BCUT2D eigenvalue weighted by atomic mass is 79.9. The summed E-state index contributed by atoms with van der Waals surface area (Å²) in [4.78, 5) is 0. The van der Waals surface area contributed by atoms with Crippen molar-refractivity contribution in [2.75, 3.05) is 0 Å². The van der Waals surface area contributed by atoms with Crippen molar-refractivity contribution >= 4 is 26.8 Å². The second kappa shape index (κ2) is 3.09. The molecule has 0 amide bonds. The molecule has 0 unspecified atom stereocenters. The molecule has 0 aliphatic carbocycles. The zero-order valence-corrected chi connectivity index (χ0v) is 9.94.